The molecule has 2 N–H and O–H groups in total. The van der Waals surface area contributed by atoms with Crippen LogP contribution < -0.4 is 20.1 Å². The van der Waals surface area contributed by atoms with Crippen molar-refractivity contribution in [3.63, 3.8) is 0 Å². The molecule has 0 bridgehead atoms. The number of nitrogens with zero attached hydrogens (tertiary/aromatic N) is 2. The normalized spacial score (nSPS) is 19.9. The standard InChI is InChI=1S/C24H38N4O3/c1-4-25-24(26-16-18-11-12-21(30-3)22(15-18)31-5-2)27-20-13-14-28(17-20)23(29)19-9-7-6-8-10-19/h11-12,15,19-20H,4-10,13-14,16-17H2,1-3H3,(H2,25,26,27). The quantitative estimate of drug-likeness (QED) is 0.489. The van der Waals surface area contributed by atoms with E-state index in [1.165, 1.54) is 19.3 Å². The second kappa shape index (κ2) is 11.8. The van der Waals surface area contributed by atoms with E-state index in [9.17, 15) is 4.79 Å². The summed E-state index contributed by atoms with van der Waals surface area (Å²) in [6.45, 7) is 7.53. The predicted octanol–water partition coefficient (Wildman–Crippen LogP) is 3.33. The first-order valence-electron chi connectivity index (χ1n) is 11.8. The zero-order valence-electron chi connectivity index (χ0n) is 19.3. The van der Waals surface area contributed by atoms with Crippen molar-refractivity contribution < 1.29 is 14.3 Å². The highest BCUT2D eigenvalue weighted by molar-refractivity contribution is 5.81. The molecule has 1 amide bonds. The van der Waals surface area contributed by atoms with Crippen molar-refractivity contribution in [1.82, 2.24) is 15.5 Å². The average Bonchev–Trinajstić information content (AvgIpc) is 3.26. The third kappa shape index (κ3) is 6.52. The summed E-state index contributed by atoms with van der Waals surface area (Å²) >= 11 is 0. The van der Waals surface area contributed by atoms with E-state index in [-0.39, 0.29) is 12.0 Å². The summed E-state index contributed by atoms with van der Waals surface area (Å²) in [6, 6.07) is 6.15. The van der Waals surface area contributed by atoms with Crippen molar-refractivity contribution in [2.24, 2.45) is 10.9 Å². The summed E-state index contributed by atoms with van der Waals surface area (Å²) in [7, 11) is 1.65. The lowest BCUT2D eigenvalue weighted by Crippen LogP contribution is -2.45. The van der Waals surface area contributed by atoms with E-state index < -0.39 is 0 Å². The molecule has 7 nitrogen and oxygen atoms in total. The van der Waals surface area contributed by atoms with E-state index in [2.05, 4.69) is 22.5 Å². The number of amides is 1. The fourth-order valence-electron chi connectivity index (χ4n) is 4.46. The van der Waals surface area contributed by atoms with E-state index in [0.29, 0.717) is 19.1 Å². The maximum absolute atomic E-state index is 12.8. The second-order valence-electron chi connectivity index (χ2n) is 8.36. The van der Waals surface area contributed by atoms with Gasteiger partial charge in [0.1, 0.15) is 0 Å². The minimum Gasteiger partial charge on any atom is -0.493 e. The van der Waals surface area contributed by atoms with Gasteiger partial charge in [-0.25, -0.2) is 4.99 Å². The molecule has 1 aromatic rings. The van der Waals surface area contributed by atoms with Crippen LogP contribution in [0.3, 0.4) is 0 Å². The van der Waals surface area contributed by atoms with Crippen molar-refractivity contribution in [1.29, 1.82) is 0 Å². The molecule has 2 fully saturated rings. The number of nitrogens with one attached hydrogen (secondary N) is 2. The van der Waals surface area contributed by atoms with Crippen molar-refractivity contribution >= 4 is 11.9 Å². The highest BCUT2D eigenvalue weighted by Gasteiger charge is 2.31. The zero-order valence-corrected chi connectivity index (χ0v) is 19.3. The van der Waals surface area contributed by atoms with Gasteiger partial charge in [-0.1, -0.05) is 25.3 Å². The number of benzene rings is 1. The molecule has 0 radical (unpaired) electrons. The van der Waals surface area contributed by atoms with Gasteiger partial charge in [0.25, 0.3) is 0 Å². The second-order valence-corrected chi connectivity index (χ2v) is 8.36. The van der Waals surface area contributed by atoms with E-state index in [1.54, 1.807) is 7.11 Å². The van der Waals surface area contributed by atoms with E-state index in [0.717, 1.165) is 61.9 Å². The fraction of sp³-hybridized carbons (Fsp3) is 0.667. The molecule has 1 unspecified atom stereocenters. The summed E-state index contributed by atoms with van der Waals surface area (Å²) in [5.74, 6) is 2.85. The van der Waals surface area contributed by atoms with Crippen molar-refractivity contribution in [3.8, 4) is 11.5 Å². The Morgan fingerprint density at radius 1 is 1.16 bits per heavy atom. The monoisotopic (exact) mass is 430 g/mol. The van der Waals surface area contributed by atoms with Crippen molar-refractivity contribution in [2.75, 3.05) is 33.4 Å². The number of guanidine groups is 1. The topological polar surface area (TPSA) is 75.2 Å². The highest BCUT2D eigenvalue weighted by atomic mass is 16.5. The van der Waals surface area contributed by atoms with Crippen LogP contribution in [0.15, 0.2) is 23.2 Å². The molecule has 1 heterocycles. The lowest BCUT2D eigenvalue weighted by Gasteiger charge is -2.26. The maximum atomic E-state index is 12.8. The number of ether oxygens (including phenoxy) is 2. The number of carbonyl (C=O) groups is 1. The van der Waals surface area contributed by atoms with Gasteiger partial charge in [-0.15, -0.1) is 0 Å². The maximum Gasteiger partial charge on any atom is 0.225 e. The minimum absolute atomic E-state index is 0.236. The van der Waals surface area contributed by atoms with Crippen LogP contribution in [0.5, 0.6) is 11.5 Å². The predicted molar refractivity (Wildman–Crippen MR) is 124 cm³/mol. The van der Waals surface area contributed by atoms with Crippen LogP contribution in [0.4, 0.5) is 0 Å². The molecule has 1 aliphatic carbocycles. The summed E-state index contributed by atoms with van der Waals surface area (Å²) in [4.78, 5) is 19.6. The Morgan fingerprint density at radius 2 is 1.97 bits per heavy atom. The number of hydrogen-bond donors (Lipinski definition) is 2. The Balaban J connectivity index is 1.57. The lowest BCUT2D eigenvalue weighted by atomic mass is 9.88. The van der Waals surface area contributed by atoms with Gasteiger partial charge in [0.05, 0.1) is 20.3 Å². The van der Waals surface area contributed by atoms with Crippen LogP contribution >= 0.6 is 0 Å². The Labute approximate surface area is 186 Å². The van der Waals surface area contributed by atoms with Gasteiger partial charge in [-0.2, -0.15) is 0 Å². The molecule has 2 aliphatic rings. The molecule has 31 heavy (non-hydrogen) atoms. The Morgan fingerprint density at radius 3 is 2.68 bits per heavy atom. The number of hydrogen-bond acceptors (Lipinski definition) is 4. The van der Waals surface area contributed by atoms with Gasteiger partial charge in [0.15, 0.2) is 17.5 Å². The van der Waals surface area contributed by atoms with Crippen LogP contribution in [0.25, 0.3) is 0 Å². The first-order chi connectivity index (χ1) is 15.1. The molecular formula is C24H38N4O3. The first kappa shape index (κ1) is 23.2. The van der Waals surface area contributed by atoms with Crippen molar-refractivity contribution in [3.05, 3.63) is 23.8 Å². The van der Waals surface area contributed by atoms with Crippen LogP contribution in [0.1, 0.15) is 57.9 Å². The fourth-order valence-corrected chi connectivity index (χ4v) is 4.46. The van der Waals surface area contributed by atoms with Gasteiger partial charge in [-0.05, 0) is 50.8 Å². The molecule has 0 spiro atoms. The summed E-state index contributed by atoms with van der Waals surface area (Å²) < 4.78 is 11.0. The van der Waals surface area contributed by atoms with Crippen LogP contribution in [0.2, 0.25) is 0 Å². The molecule has 172 valence electrons. The van der Waals surface area contributed by atoms with Crippen LogP contribution in [-0.4, -0.2) is 56.2 Å². The highest BCUT2D eigenvalue weighted by Crippen LogP contribution is 2.28. The van der Waals surface area contributed by atoms with Gasteiger partial charge in [0.2, 0.25) is 5.91 Å². The molecule has 0 aromatic heterocycles. The zero-order chi connectivity index (χ0) is 22.1. The van der Waals surface area contributed by atoms with Gasteiger partial charge >= 0.3 is 0 Å². The number of carbonyl (C=O) groups excluding carboxylic acids is 1. The van der Waals surface area contributed by atoms with E-state index in [4.69, 9.17) is 14.5 Å². The Bertz CT molecular complexity index is 746. The largest absolute Gasteiger partial charge is 0.493 e. The summed E-state index contributed by atoms with van der Waals surface area (Å²) in [6.07, 6.45) is 6.74. The average molecular weight is 431 g/mol. The SMILES string of the molecule is CCNC(=NCc1ccc(OC)c(OCC)c1)NC1CCN(C(=O)C2CCCCC2)C1. The molecule has 1 saturated carbocycles. The summed E-state index contributed by atoms with van der Waals surface area (Å²) in [5.41, 5.74) is 1.06. The van der Waals surface area contributed by atoms with E-state index in [1.807, 2.05) is 25.1 Å². The Kier molecular flexibility index (Phi) is 8.85. The van der Waals surface area contributed by atoms with Crippen LogP contribution in [-0.2, 0) is 11.3 Å². The number of rotatable bonds is 8. The van der Waals surface area contributed by atoms with E-state index >= 15 is 0 Å². The van der Waals surface area contributed by atoms with Gasteiger partial charge in [0, 0.05) is 31.6 Å². The molecule has 1 saturated heterocycles. The number of methoxy groups -OCH3 is 1. The molecule has 7 heteroatoms. The third-order valence-corrected chi connectivity index (χ3v) is 6.09. The first-order valence-corrected chi connectivity index (χ1v) is 11.8. The smallest absolute Gasteiger partial charge is 0.225 e. The van der Waals surface area contributed by atoms with Crippen LogP contribution in [0, 0.1) is 5.92 Å². The minimum atomic E-state index is 0.236. The Hall–Kier alpha value is -2.44. The lowest BCUT2D eigenvalue weighted by molar-refractivity contribution is -0.135. The molecule has 3 rings (SSSR count). The number of aliphatic imine (C=N–C) groups is 1. The molecule has 1 aliphatic heterocycles. The molecule has 1 aromatic carbocycles. The molecule has 1 atom stereocenters. The molecular weight excluding hydrogens is 392 g/mol. The van der Waals surface area contributed by atoms with Crippen molar-refractivity contribution in [2.45, 2.75) is 65.0 Å². The third-order valence-electron chi connectivity index (χ3n) is 6.09. The van der Waals surface area contributed by atoms with Gasteiger partial charge in [-0.3, -0.25) is 4.79 Å². The number of likely N-dealkylation sites (tertiary alicyclic amines) is 1. The van der Waals surface area contributed by atoms with Gasteiger partial charge < -0.3 is 25.0 Å². The summed E-state index contributed by atoms with van der Waals surface area (Å²) in [5, 5.41) is 6.86.